The molecule has 1 aliphatic rings. The number of rotatable bonds is 6. The Morgan fingerprint density at radius 1 is 1.39 bits per heavy atom. The lowest BCUT2D eigenvalue weighted by Crippen LogP contribution is -2.46. The minimum absolute atomic E-state index is 0.0254. The lowest BCUT2D eigenvalue weighted by Gasteiger charge is -2.32. The molecule has 2 amide bonds. The summed E-state index contributed by atoms with van der Waals surface area (Å²) in [7, 11) is 3.39. The molecule has 1 aromatic rings. The third-order valence-corrected chi connectivity index (χ3v) is 4.32. The van der Waals surface area contributed by atoms with Crippen molar-refractivity contribution < 1.29 is 14.3 Å². The summed E-state index contributed by atoms with van der Waals surface area (Å²) in [6.07, 6.45) is 2.96. The van der Waals surface area contributed by atoms with Crippen LogP contribution in [0.1, 0.15) is 24.0 Å². The van der Waals surface area contributed by atoms with Gasteiger partial charge in [0.05, 0.1) is 13.7 Å². The van der Waals surface area contributed by atoms with Crippen molar-refractivity contribution in [1.82, 2.24) is 10.2 Å². The maximum absolute atomic E-state index is 12.3. The molecule has 1 atom stereocenters. The minimum atomic E-state index is 0.0254. The number of urea groups is 1. The zero-order chi connectivity index (χ0) is 16.7. The van der Waals surface area contributed by atoms with Gasteiger partial charge in [-0.15, -0.1) is 0 Å². The summed E-state index contributed by atoms with van der Waals surface area (Å²) in [5, 5.41) is 3.02. The molecule has 0 aliphatic carbocycles. The van der Waals surface area contributed by atoms with Gasteiger partial charge in [0.25, 0.3) is 0 Å². The van der Waals surface area contributed by atoms with Crippen molar-refractivity contribution in [3.8, 4) is 5.75 Å². The molecule has 23 heavy (non-hydrogen) atoms. The standard InChI is InChI=1S/C18H28N2O3/c1-14-6-7-17(23-3)16(11-14)8-9-19-18(21)20-10-4-5-15(12-20)13-22-2/h6-7,11,15H,4-5,8-10,12-13H2,1-3H3,(H,19,21). The maximum atomic E-state index is 12.3. The Bertz CT molecular complexity index is 517. The second-order valence-corrected chi connectivity index (χ2v) is 6.21. The second-order valence-electron chi connectivity index (χ2n) is 6.21. The molecule has 0 bridgehead atoms. The van der Waals surface area contributed by atoms with Crippen molar-refractivity contribution in [3.05, 3.63) is 29.3 Å². The highest BCUT2D eigenvalue weighted by atomic mass is 16.5. The molecule has 1 unspecified atom stereocenters. The average Bonchev–Trinajstić information content (AvgIpc) is 2.55. The van der Waals surface area contributed by atoms with Crippen molar-refractivity contribution in [3.63, 3.8) is 0 Å². The molecule has 1 fully saturated rings. The van der Waals surface area contributed by atoms with Crippen molar-refractivity contribution in [1.29, 1.82) is 0 Å². The van der Waals surface area contributed by atoms with Crippen molar-refractivity contribution >= 4 is 6.03 Å². The Hall–Kier alpha value is -1.75. The van der Waals surface area contributed by atoms with E-state index in [0.29, 0.717) is 12.5 Å². The molecule has 1 aliphatic heterocycles. The summed E-state index contributed by atoms with van der Waals surface area (Å²) in [5.41, 5.74) is 2.33. The molecule has 5 heteroatoms. The molecule has 0 saturated carbocycles. The van der Waals surface area contributed by atoms with Crippen LogP contribution < -0.4 is 10.1 Å². The van der Waals surface area contributed by atoms with Gasteiger partial charge < -0.3 is 19.7 Å². The molecular weight excluding hydrogens is 292 g/mol. The van der Waals surface area contributed by atoms with E-state index in [0.717, 1.165) is 50.3 Å². The highest BCUT2D eigenvalue weighted by molar-refractivity contribution is 5.74. The number of nitrogens with zero attached hydrogens (tertiary/aromatic N) is 1. The molecule has 128 valence electrons. The van der Waals surface area contributed by atoms with Gasteiger partial charge in [-0.05, 0) is 37.8 Å². The lowest BCUT2D eigenvalue weighted by atomic mass is 9.99. The molecule has 0 radical (unpaired) electrons. The van der Waals surface area contributed by atoms with Crippen LogP contribution in [0.5, 0.6) is 5.75 Å². The van der Waals surface area contributed by atoms with Crippen LogP contribution in [0.4, 0.5) is 4.79 Å². The first kappa shape index (κ1) is 17.6. The fourth-order valence-corrected chi connectivity index (χ4v) is 3.14. The van der Waals surface area contributed by atoms with E-state index in [9.17, 15) is 4.79 Å². The summed E-state index contributed by atoms with van der Waals surface area (Å²) >= 11 is 0. The maximum Gasteiger partial charge on any atom is 0.317 e. The van der Waals surface area contributed by atoms with Gasteiger partial charge in [0.15, 0.2) is 0 Å². The quantitative estimate of drug-likeness (QED) is 0.876. The third kappa shape index (κ3) is 5.13. The number of likely N-dealkylation sites (tertiary alicyclic amines) is 1. The molecule has 5 nitrogen and oxygen atoms in total. The van der Waals surface area contributed by atoms with Crippen LogP contribution in [0, 0.1) is 12.8 Å². The number of carbonyl (C=O) groups excluding carboxylic acids is 1. The Morgan fingerprint density at radius 2 is 2.22 bits per heavy atom. The first-order valence-electron chi connectivity index (χ1n) is 8.29. The smallest absolute Gasteiger partial charge is 0.317 e. The number of methoxy groups -OCH3 is 2. The van der Waals surface area contributed by atoms with Gasteiger partial charge in [0.1, 0.15) is 5.75 Å². The van der Waals surface area contributed by atoms with Crippen LogP contribution in [-0.2, 0) is 11.2 Å². The van der Waals surface area contributed by atoms with E-state index in [-0.39, 0.29) is 6.03 Å². The monoisotopic (exact) mass is 320 g/mol. The highest BCUT2D eigenvalue weighted by Crippen LogP contribution is 2.20. The first-order chi connectivity index (χ1) is 11.1. The molecule has 2 rings (SSSR count). The highest BCUT2D eigenvalue weighted by Gasteiger charge is 2.23. The Kier molecular flexibility index (Phi) is 6.71. The number of ether oxygens (including phenoxy) is 2. The van der Waals surface area contributed by atoms with E-state index in [1.165, 1.54) is 5.56 Å². The largest absolute Gasteiger partial charge is 0.496 e. The van der Waals surface area contributed by atoms with Gasteiger partial charge in [-0.3, -0.25) is 0 Å². The van der Waals surface area contributed by atoms with E-state index in [4.69, 9.17) is 9.47 Å². The predicted octanol–water partition coefficient (Wildman–Crippen LogP) is 2.61. The molecule has 1 aromatic carbocycles. The van der Waals surface area contributed by atoms with Crippen LogP contribution in [0.15, 0.2) is 18.2 Å². The summed E-state index contributed by atoms with van der Waals surface area (Å²) in [6, 6.07) is 6.15. The average molecular weight is 320 g/mol. The van der Waals surface area contributed by atoms with E-state index < -0.39 is 0 Å². The summed E-state index contributed by atoms with van der Waals surface area (Å²) < 4.78 is 10.6. The summed E-state index contributed by atoms with van der Waals surface area (Å²) in [5.74, 6) is 1.33. The van der Waals surface area contributed by atoms with Gasteiger partial charge in [-0.25, -0.2) is 4.79 Å². The van der Waals surface area contributed by atoms with Gasteiger partial charge >= 0.3 is 6.03 Å². The van der Waals surface area contributed by atoms with E-state index in [2.05, 4.69) is 18.3 Å². The number of nitrogens with one attached hydrogen (secondary N) is 1. The van der Waals surface area contributed by atoms with Crippen molar-refractivity contribution in [2.75, 3.05) is 40.5 Å². The predicted molar refractivity (Wildman–Crippen MR) is 91.0 cm³/mol. The number of hydrogen-bond acceptors (Lipinski definition) is 3. The third-order valence-electron chi connectivity index (χ3n) is 4.32. The number of hydrogen-bond donors (Lipinski definition) is 1. The van der Waals surface area contributed by atoms with Crippen molar-refractivity contribution in [2.45, 2.75) is 26.2 Å². The fraction of sp³-hybridized carbons (Fsp3) is 0.611. The molecule has 1 heterocycles. The lowest BCUT2D eigenvalue weighted by molar-refractivity contribution is 0.100. The van der Waals surface area contributed by atoms with Gasteiger partial charge in [-0.1, -0.05) is 17.7 Å². The number of benzene rings is 1. The van der Waals surface area contributed by atoms with Crippen LogP contribution in [0.2, 0.25) is 0 Å². The zero-order valence-electron chi connectivity index (χ0n) is 14.4. The number of amides is 2. The molecule has 0 spiro atoms. The second kappa shape index (κ2) is 8.77. The Labute approximate surface area is 139 Å². The SMILES string of the molecule is COCC1CCCN(C(=O)NCCc2cc(C)ccc2OC)C1. The fourth-order valence-electron chi connectivity index (χ4n) is 3.14. The van der Waals surface area contributed by atoms with Crippen LogP contribution in [0.3, 0.4) is 0 Å². The molecule has 1 saturated heterocycles. The van der Waals surface area contributed by atoms with Crippen LogP contribution in [-0.4, -0.2) is 51.4 Å². The van der Waals surface area contributed by atoms with Crippen molar-refractivity contribution in [2.24, 2.45) is 5.92 Å². The number of piperidine rings is 1. The summed E-state index contributed by atoms with van der Waals surface area (Å²) in [4.78, 5) is 14.2. The number of carbonyl (C=O) groups is 1. The molecule has 0 aromatic heterocycles. The van der Waals surface area contributed by atoms with Crippen LogP contribution in [0.25, 0.3) is 0 Å². The van der Waals surface area contributed by atoms with E-state index in [1.54, 1.807) is 14.2 Å². The van der Waals surface area contributed by atoms with Crippen LogP contribution >= 0.6 is 0 Å². The molecule has 1 N–H and O–H groups in total. The van der Waals surface area contributed by atoms with E-state index in [1.807, 2.05) is 17.0 Å². The summed E-state index contributed by atoms with van der Waals surface area (Å²) in [6.45, 7) is 5.02. The first-order valence-corrected chi connectivity index (χ1v) is 8.29. The Balaban J connectivity index is 1.81. The van der Waals surface area contributed by atoms with Gasteiger partial charge in [-0.2, -0.15) is 0 Å². The number of aryl methyl sites for hydroxylation is 1. The van der Waals surface area contributed by atoms with E-state index >= 15 is 0 Å². The zero-order valence-corrected chi connectivity index (χ0v) is 14.4. The van der Waals surface area contributed by atoms with Gasteiger partial charge in [0.2, 0.25) is 0 Å². The normalized spacial score (nSPS) is 17.9. The minimum Gasteiger partial charge on any atom is -0.496 e. The topological polar surface area (TPSA) is 50.8 Å². The molecular formula is C18H28N2O3. The Morgan fingerprint density at radius 3 is 2.96 bits per heavy atom. The van der Waals surface area contributed by atoms with Gasteiger partial charge in [0, 0.05) is 32.7 Å².